The van der Waals surface area contributed by atoms with Crippen LogP contribution in [0, 0.1) is 5.82 Å². The van der Waals surface area contributed by atoms with Gasteiger partial charge in [0, 0.05) is 6.21 Å². The number of nitrogens with zero attached hydrogens (tertiary/aromatic N) is 1. The summed E-state index contributed by atoms with van der Waals surface area (Å²) in [6, 6.07) is 8.98. The second-order valence-corrected chi connectivity index (χ2v) is 7.98. The fourth-order valence-corrected chi connectivity index (χ4v) is 3.73. The number of sulfonamides is 1. The molecule has 1 atom stereocenters. The number of dihydropyridines is 1. The van der Waals surface area contributed by atoms with Crippen LogP contribution in [0.25, 0.3) is 0 Å². The Hall–Kier alpha value is -1.73. The molecule has 0 aromatic heterocycles. The van der Waals surface area contributed by atoms with Gasteiger partial charge in [-0.3, -0.25) is 4.99 Å². The first-order valence-corrected chi connectivity index (χ1v) is 9.50. The molecule has 0 fully saturated rings. The lowest BCUT2D eigenvalue weighted by molar-refractivity contribution is 0.561. The molecule has 1 aliphatic heterocycles. The second-order valence-electron chi connectivity index (χ2n) is 5.64. The number of nitrogens with two attached hydrogens (primary N) is 1. The van der Waals surface area contributed by atoms with Gasteiger partial charge in [0.1, 0.15) is 10.7 Å². The molecule has 0 amide bonds. The van der Waals surface area contributed by atoms with Crippen LogP contribution < -0.4 is 5.14 Å². The van der Waals surface area contributed by atoms with E-state index in [1.165, 1.54) is 6.07 Å². The van der Waals surface area contributed by atoms with E-state index in [0.717, 1.165) is 17.7 Å². The van der Waals surface area contributed by atoms with Gasteiger partial charge in [-0.15, -0.1) is 0 Å². The van der Waals surface area contributed by atoms with Gasteiger partial charge in [-0.05, 0) is 41.5 Å². The lowest BCUT2D eigenvalue weighted by Crippen LogP contribution is -2.31. The largest absolute Gasteiger partial charge is 0.292 e. The molecule has 0 saturated carbocycles. The Balaban J connectivity index is 2.20. The summed E-state index contributed by atoms with van der Waals surface area (Å²) < 4.78 is 37.2. The standard InChI is InChI=1S/C17H13Cl2FN2O2S/c18-13-4-2-11(8-14(13)19)17(6-1-7-22-10-17)12-3-5-16(15(20)9-12)25(21,23)24/h1-9H,10H2,(H2,21,23,24). The summed E-state index contributed by atoms with van der Waals surface area (Å²) in [6.45, 7) is 0.315. The van der Waals surface area contributed by atoms with Crippen LogP contribution >= 0.6 is 23.2 Å². The first-order valence-electron chi connectivity index (χ1n) is 7.20. The Labute approximate surface area is 154 Å². The highest BCUT2D eigenvalue weighted by Gasteiger charge is 2.34. The third kappa shape index (κ3) is 3.35. The van der Waals surface area contributed by atoms with E-state index in [1.807, 2.05) is 6.08 Å². The van der Waals surface area contributed by atoms with Crippen molar-refractivity contribution >= 4 is 39.4 Å². The fourth-order valence-electron chi connectivity index (χ4n) is 2.84. The number of hydrogen-bond acceptors (Lipinski definition) is 3. The van der Waals surface area contributed by atoms with Crippen LogP contribution in [-0.2, 0) is 15.4 Å². The van der Waals surface area contributed by atoms with Crippen molar-refractivity contribution in [3.63, 3.8) is 0 Å². The van der Waals surface area contributed by atoms with Crippen LogP contribution in [0.5, 0.6) is 0 Å². The lowest BCUT2D eigenvalue weighted by atomic mass is 9.73. The SMILES string of the molecule is NS(=O)(=O)c1ccc(C2(c3ccc(Cl)c(Cl)c3)C=CC=NC2)cc1F. The number of halogens is 3. The van der Waals surface area contributed by atoms with Gasteiger partial charge in [-0.2, -0.15) is 0 Å². The molecule has 130 valence electrons. The monoisotopic (exact) mass is 398 g/mol. The average Bonchev–Trinajstić information content (AvgIpc) is 2.56. The molecule has 1 heterocycles. The maximum atomic E-state index is 14.4. The Morgan fingerprint density at radius 1 is 1.08 bits per heavy atom. The van der Waals surface area contributed by atoms with Gasteiger partial charge < -0.3 is 0 Å². The Morgan fingerprint density at radius 2 is 1.76 bits per heavy atom. The number of benzene rings is 2. The van der Waals surface area contributed by atoms with E-state index in [2.05, 4.69) is 4.99 Å². The Morgan fingerprint density at radius 3 is 2.32 bits per heavy atom. The summed E-state index contributed by atoms with van der Waals surface area (Å²) in [5.74, 6) is -0.914. The Bertz CT molecular complexity index is 1010. The molecular formula is C17H13Cl2FN2O2S. The molecule has 1 aliphatic rings. The average molecular weight is 399 g/mol. The minimum absolute atomic E-state index is 0.315. The topological polar surface area (TPSA) is 72.5 Å². The highest BCUT2D eigenvalue weighted by atomic mass is 35.5. The van der Waals surface area contributed by atoms with E-state index in [-0.39, 0.29) is 0 Å². The van der Waals surface area contributed by atoms with Crippen molar-refractivity contribution in [2.45, 2.75) is 10.3 Å². The first-order chi connectivity index (χ1) is 11.7. The van der Waals surface area contributed by atoms with E-state index in [0.29, 0.717) is 22.2 Å². The van der Waals surface area contributed by atoms with Crippen LogP contribution in [-0.4, -0.2) is 21.2 Å². The van der Waals surface area contributed by atoms with Crippen molar-refractivity contribution in [3.8, 4) is 0 Å². The highest BCUT2D eigenvalue weighted by Crippen LogP contribution is 2.39. The van der Waals surface area contributed by atoms with Gasteiger partial charge in [0.25, 0.3) is 0 Å². The highest BCUT2D eigenvalue weighted by molar-refractivity contribution is 7.89. The quantitative estimate of drug-likeness (QED) is 0.855. The molecule has 0 saturated heterocycles. The minimum atomic E-state index is -4.14. The van der Waals surface area contributed by atoms with Crippen molar-refractivity contribution in [3.05, 3.63) is 75.5 Å². The Kier molecular flexibility index (Phi) is 4.72. The maximum Gasteiger partial charge on any atom is 0.240 e. The maximum absolute atomic E-state index is 14.4. The zero-order valence-corrected chi connectivity index (χ0v) is 15.1. The van der Waals surface area contributed by atoms with Gasteiger partial charge >= 0.3 is 0 Å². The third-order valence-corrected chi connectivity index (χ3v) is 5.78. The van der Waals surface area contributed by atoms with E-state index >= 15 is 0 Å². The molecule has 8 heteroatoms. The van der Waals surface area contributed by atoms with Crippen LogP contribution in [0.1, 0.15) is 11.1 Å². The summed E-state index contributed by atoms with van der Waals surface area (Å²) in [7, 11) is -4.14. The van der Waals surface area contributed by atoms with Gasteiger partial charge in [-0.25, -0.2) is 17.9 Å². The van der Waals surface area contributed by atoms with Crippen LogP contribution in [0.15, 0.2) is 58.4 Å². The number of aliphatic imine (C=N–C) groups is 1. The van der Waals surface area contributed by atoms with Gasteiger partial charge in [-0.1, -0.05) is 41.4 Å². The smallest absolute Gasteiger partial charge is 0.240 e. The first kappa shape index (κ1) is 18.1. The summed E-state index contributed by atoms with van der Waals surface area (Å²) in [4.78, 5) is 3.73. The van der Waals surface area contributed by atoms with Gasteiger partial charge in [0.2, 0.25) is 10.0 Å². The van der Waals surface area contributed by atoms with E-state index in [4.69, 9.17) is 28.3 Å². The molecule has 25 heavy (non-hydrogen) atoms. The molecule has 2 aromatic rings. The van der Waals surface area contributed by atoms with E-state index in [9.17, 15) is 12.8 Å². The molecule has 2 aromatic carbocycles. The molecule has 0 bridgehead atoms. The van der Waals surface area contributed by atoms with Crippen LogP contribution in [0.2, 0.25) is 10.0 Å². The van der Waals surface area contributed by atoms with E-state index < -0.39 is 26.2 Å². The predicted molar refractivity (Wildman–Crippen MR) is 97.5 cm³/mol. The van der Waals surface area contributed by atoms with Crippen LogP contribution in [0.3, 0.4) is 0 Å². The number of hydrogen-bond donors (Lipinski definition) is 1. The zero-order valence-electron chi connectivity index (χ0n) is 12.8. The number of allylic oxidation sites excluding steroid dienone is 1. The normalized spacial score (nSPS) is 20.0. The van der Waals surface area contributed by atoms with Crippen molar-refractivity contribution in [2.75, 3.05) is 6.54 Å². The van der Waals surface area contributed by atoms with Crippen molar-refractivity contribution < 1.29 is 12.8 Å². The van der Waals surface area contributed by atoms with Gasteiger partial charge in [0.05, 0.1) is 22.0 Å². The summed E-state index contributed by atoms with van der Waals surface area (Å²) >= 11 is 12.1. The summed E-state index contributed by atoms with van der Waals surface area (Å²) in [5, 5.41) is 5.80. The number of rotatable bonds is 3. The predicted octanol–water partition coefficient (Wildman–Crippen LogP) is 3.71. The molecule has 3 rings (SSSR count). The minimum Gasteiger partial charge on any atom is -0.292 e. The molecule has 0 spiro atoms. The molecule has 0 aliphatic carbocycles. The van der Waals surface area contributed by atoms with Crippen molar-refractivity contribution in [1.29, 1.82) is 0 Å². The van der Waals surface area contributed by atoms with Gasteiger partial charge in [0.15, 0.2) is 0 Å². The third-order valence-electron chi connectivity index (χ3n) is 4.10. The molecule has 2 N–H and O–H groups in total. The second kappa shape index (κ2) is 6.53. The van der Waals surface area contributed by atoms with Crippen molar-refractivity contribution in [1.82, 2.24) is 0 Å². The molecular weight excluding hydrogens is 386 g/mol. The van der Waals surface area contributed by atoms with Crippen LogP contribution in [0.4, 0.5) is 4.39 Å². The van der Waals surface area contributed by atoms with Crippen molar-refractivity contribution in [2.24, 2.45) is 10.1 Å². The fraction of sp³-hybridized carbons (Fsp3) is 0.118. The molecule has 4 nitrogen and oxygen atoms in total. The van der Waals surface area contributed by atoms with E-state index in [1.54, 1.807) is 30.5 Å². The molecule has 0 radical (unpaired) electrons. The summed E-state index contributed by atoms with van der Waals surface area (Å²) in [5.41, 5.74) is 0.502. The number of primary sulfonamides is 1. The summed E-state index contributed by atoms with van der Waals surface area (Å²) in [6.07, 6.45) is 5.26. The lowest BCUT2D eigenvalue weighted by Gasteiger charge is -2.32. The molecule has 1 unspecified atom stereocenters. The zero-order chi connectivity index (χ0) is 18.2.